The number of aliphatic hydroxyl groups excluding tert-OH is 2. The predicted octanol–water partition coefficient (Wildman–Crippen LogP) is 2.73. The SMILES string of the molecule is CC(C)(C)C(O)CC(O)C(C)(C)C(F)(F)F.[Hf]. The molecule has 0 bridgehead atoms. The van der Waals surface area contributed by atoms with E-state index >= 15 is 0 Å². The van der Waals surface area contributed by atoms with Gasteiger partial charge < -0.3 is 10.2 Å². The van der Waals surface area contributed by atoms with Crippen molar-refractivity contribution in [1.82, 2.24) is 0 Å². The van der Waals surface area contributed by atoms with Crippen molar-refractivity contribution >= 4 is 0 Å². The summed E-state index contributed by atoms with van der Waals surface area (Å²) in [5, 5.41) is 19.2. The first kappa shape index (κ1) is 19.9. The third-order valence-corrected chi connectivity index (χ3v) is 3.01. The Hall–Kier alpha value is 0.580. The first-order valence-corrected chi connectivity index (χ1v) is 5.23. The van der Waals surface area contributed by atoms with Crippen molar-refractivity contribution in [1.29, 1.82) is 0 Å². The molecule has 17 heavy (non-hydrogen) atoms. The molecule has 0 aromatic carbocycles. The molecule has 2 nitrogen and oxygen atoms in total. The summed E-state index contributed by atoms with van der Waals surface area (Å²) in [5.74, 6) is 0. The van der Waals surface area contributed by atoms with Crippen LogP contribution in [0.2, 0.25) is 0 Å². The van der Waals surface area contributed by atoms with E-state index in [0.29, 0.717) is 0 Å². The number of alkyl halides is 3. The molecule has 0 aliphatic heterocycles. The molecule has 2 unspecified atom stereocenters. The van der Waals surface area contributed by atoms with Gasteiger partial charge in [-0.1, -0.05) is 20.8 Å². The summed E-state index contributed by atoms with van der Waals surface area (Å²) in [6.45, 7) is 7.01. The van der Waals surface area contributed by atoms with E-state index in [1.54, 1.807) is 20.8 Å². The van der Waals surface area contributed by atoms with Gasteiger partial charge in [-0.15, -0.1) is 0 Å². The number of hydrogen-bond donors (Lipinski definition) is 2. The van der Waals surface area contributed by atoms with Gasteiger partial charge in [0.1, 0.15) is 0 Å². The minimum atomic E-state index is -4.48. The van der Waals surface area contributed by atoms with E-state index in [0.717, 1.165) is 13.8 Å². The van der Waals surface area contributed by atoms with E-state index in [1.807, 2.05) is 0 Å². The van der Waals surface area contributed by atoms with Crippen molar-refractivity contribution < 1.29 is 49.2 Å². The van der Waals surface area contributed by atoms with Gasteiger partial charge in [-0.2, -0.15) is 13.2 Å². The number of aliphatic hydroxyl groups is 2. The monoisotopic (exact) mass is 422 g/mol. The average Bonchev–Trinajstić information content (AvgIpc) is 1.99. The summed E-state index contributed by atoms with van der Waals surface area (Å²) in [5.41, 5.74) is -2.75. The van der Waals surface area contributed by atoms with Crippen molar-refractivity contribution in [2.45, 2.75) is 59.4 Å². The van der Waals surface area contributed by atoms with E-state index in [2.05, 4.69) is 0 Å². The number of hydrogen-bond acceptors (Lipinski definition) is 2. The zero-order chi connectivity index (χ0) is 13.4. The van der Waals surface area contributed by atoms with Gasteiger partial charge in [0.25, 0.3) is 0 Å². The largest absolute Gasteiger partial charge is 0.396 e. The van der Waals surface area contributed by atoms with Gasteiger partial charge in [0.05, 0.1) is 17.6 Å². The fraction of sp³-hybridized carbons (Fsp3) is 1.00. The van der Waals surface area contributed by atoms with Crippen LogP contribution in [0.25, 0.3) is 0 Å². The quantitative estimate of drug-likeness (QED) is 0.689. The molecule has 0 spiro atoms. The van der Waals surface area contributed by atoms with Crippen LogP contribution < -0.4 is 0 Å². The van der Waals surface area contributed by atoms with Crippen LogP contribution in [0, 0.1) is 10.8 Å². The van der Waals surface area contributed by atoms with Crippen molar-refractivity contribution in [2.75, 3.05) is 0 Å². The topological polar surface area (TPSA) is 40.5 Å². The summed E-state index contributed by atoms with van der Waals surface area (Å²) >= 11 is 0. The Morgan fingerprint density at radius 1 is 0.882 bits per heavy atom. The Morgan fingerprint density at radius 2 is 1.24 bits per heavy atom. The van der Waals surface area contributed by atoms with Crippen molar-refractivity contribution in [3.05, 3.63) is 0 Å². The molecule has 6 heteroatoms. The fourth-order valence-corrected chi connectivity index (χ4v) is 1.05. The molecule has 0 aromatic heterocycles. The molecule has 0 aliphatic rings. The molecular formula is C11H21F3HfO2. The predicted molar refractivity (Wildman–Crippen MR) is 55.9 cm³/mol. The molecule has 0 heterocycles. The molecule has 0 aliphatic carbocycles. The molecule has 102 valence electrons. The third kappa shape index (κ3) is 5.39. The second-order valence-electron chi connectivity index (χ2n) is 5.85. The summed E-state index contributed by atoms with van der Waals surface area (Å²) in [7, 11) is 0. The zero-order valence-electron chi connectivity index (χ0n) is 10.9. The molecule has 2 atom stereocenters. The summed E-state index contributed by atoms with van der Waals surface area (Å²) < 4.78 is 37.8. The van der Waals surface area contributed by atoms with Gasteiger partial charge in [-0.05, 0) is 19.3 Å². The first-order chi connectivity index (χ1) is 6.80. The Morgan fingerprint density at radius 3 is 1.47 bits per heavy atom. The van der Waals surface area contributed by atoms with Crippen LogP contribution in [0.3, 0.4) is 0 Å². The average molecular weight is 421 g/mol. The van der Waals surface area contributed by atoms with E-state index in [-0.39, 0.29) is 32.3 Å². The van der Waals surface area contributed by atoms with Gasteiger partial charge in [0.2, 0.25) is 0 Å². The van der Waals surface area contributed by atoms with E-state index in [4.69, 9.17) is 0 Å². The number of halogens is 3. The molecule has 0 saturated heterocycles. The maximum Gasteiger partial charge on any atom is 0.396 e. The molecule has 0 rings (SSSR count). The minimum absolute atomic E-state index is 0. The zero-order valence-corrected chi connectivity index (χ0v) is 14.5. The van der Waals surface area contributed by atoms with Crippen LogP contribution in [0.5, 0.6) is 0 Å². The second kappa shape index (κ2) is 6.15. The first-order valence-electron chi connectivity index (χ1n) is 5.23. The maximum atomic E-state index is 12.6. The maximum absolute atomic E-state index is 12.6. The van der Waals surface area contributed by atoms with Crippen LogP contribution in [-0.2, 0) is 25.8 Å². The van der Waals surface area contributed by atoms with E-state index in [9.17, 15) is 23.4 Å². The fourth-order valence-electron chi connectivity index (χ4n) is 1.05. The Balaban J connectivity index is 0. The third-order valence-electron chi connectivity index (χ3n) is 3.01. The van der Waals surface area contributed by atoms with Crippen LogP contribution in [-0.4, -0.2) is 28.6 Å². The van der Waals surface area contributed by atoms with Crippen LogP contribution in [0.4, 0.5) is 13.2 Å². The number of rotatable bonds is 3. The second-order valence-corrected chi connectivity index (χ2v) is 5.85. The Labute approximate surface area is 119 Å². The van der Waals surface area contributed by atoms with Crippen molar-refractivity contribution in [2.24, 2.45) is 10.8 Å². The van der Waals surface area contributed by atoms with Gasteiger partial charge in [-0.25, -0.2) is 0 Å². The van der Waals surface area contributed by atoms with Gasteiger partial charge in [-0.3, -0.25) is 0 Å². The van der Waals surface area contributed by atoms with Gasteiger partial charge >= 0.3 is 6.18 Å². The van der Waals surface area contributed by atoms with E-state index < -0.39 is 29.2 Å². The Bertz CT molecular complexity index is 234. The molecule has 0 fully saturated rings. The minimum Gasteiger partial charge on any atom is -0.392 e. The summed E-state index contributed by atoms with van der Waals surface area (Å²) in [4.78, 5) is 0. The molecule has 0 saturated carbocycles. The van der Waals surface area contributed by atoms with Crippen molar-refractivity contribution in [3.8, 4) is 0 Å². The molecular weight excluding hydrogens is 400 g/mol. The standard InChI is InChI=1S/C11H21F3O2.Hf/c1-9(2,3)7(15)6-8(16)10(4,5)11(12,13)14;/h7-8,15-16H,6H2,1-5H3;. The van der Waals surface area contributed by atoms with Crippen LogP contribution in [0.1, 0.15) is 41.0 Å². The van der Waals surface area contributed by atoms with Crippen LogP contribution >= 0.6 is 0 Å². The van der Waals surface area contributed by atoms with Gasteiger partial charge in [0.15, 0.2) is 0 Å². The molecule has 0 radical (unpaired) electrons. The van der Waals surface area contributed by atoms with Crippen molar-refractivity contribution in [3.63, 3.8) is 0 Å². The smallest absolute Gasteiger partial charge is 0.392 e. The van der Waals surface area contributed by atoms with Crippen LogP contribution in [0.15, 0.2) is 0 Å². The summed E-state index contributed by atoms with van der Waals surface area (Å²) in [6, 6.07) is 0. The summed E-state index contributed by atoms with van der Waals surface area (Å²) in [6.07, 6.45) is -7.34. The normalized spacial score (nSPS) is 17.3. The molecule has 0 aromatic rings. The van der Waals surface area contributed by atoms with Gasteiger partial charge in [0, 0.05) is 32.3 Å². The molecule has 2 N–H and O–H groups in total. The van der Waals surface area contributed by atoms with E-state index in [1.165, 1.54) is 0 Å². The Kier molecular flexibility index (Phi) is 7.20. The molecule has 0 amide bonds.